The molecule has 0 amide bonds. The largest absolute Gasteiger partial charge is 0.507 e. The molecule has 16 heavy (non-hydrogen) atoms. The molecule has 0 bridgehead atoms. The van der Waals surface area contributed by atoms with Gasteiger partial charge in [0.15, 0.2) is 0 Å². The van der Waals surface area contributed by atoms with Gasteiger partial charge >= 0.3 is 0 Å². The molecule has 2 aromatic rings. The van der Waals surface area contributed by atoms with Crippen LogP contribution in [0.5, 0.6) is 11.5 Å². The Morgan fingerprint density at radius 2 is 1.50 bits per heavy atom. The molecule has 0 heterocycles. The van der Waals surface area contributed by atoms with Gasteiger partial charge in [0.2, 0.25) is 0 Å². The first-order valence-electron chi connectivity index (χ1n) is 4.63. The Bertz CT molecular complexity index is 539. The van der Waals surface area contributed by atoms with Gasteiger partial charge in [0.1, 0.15) is 11.5 Å². The van der Waals surface area contributed by atoms with Crippen molar-refractivity contribution in [3.8, 4) is 22.6 Å². The Morgan fingerprint density at radius 3 is 2.19 bits per heavy atom. The van der Waals surface area contributed by atoms with Crippen molar-refractivity contribution in [3.63, 3.8) is 0 Å². The van der Waals surface area contributed by atoms with E-state index in [4.69, 9.17) is 0 Å². The number of aromatic hydroxyl groups is 2. The minimum atomic E-state index is 0.0734. The Kier molecular flexibility index (Phi) is 3.03. The van der Waals surface area contributed by atoms with Gasteiger partial charge in [-0.3, -0.25) is 0 Å². The molecule has 0 spiro atoms. The summed E-state index contributed by atoms with van der Waals surface area (Å²) in [5.41, 5.74) is 1.04. The van der Waals surface area contributed by atoms with Crippen LogP contribution in [0.4, 0.5) is 0 Å². The van der Waals surface area contributed by atoms with E-state index in [2.05, 4.69) is 25.3 Å². The average Bonchev–Trinajstić information content (AvgIpc) is 2.27. The minimum absolute atomic E-state index is 0.0734. The van der Waals surface area contributed by atoms with Gasteiger partial charge in [-0.25, -0.2) is 0 Å². The Labute approximate surface area is 104 Å². The summed E-state index contributed by atoms with van der Waals surface area (Å²) >= 11 is 8.52. The van der Waals surface area contributed by atoms with E-state index in [0.717, 1.165) is 0 Å². The molecule has 0 saturated heterocycles. The SMILES string of the molecule is Oc1ccccc1-c1c(O)ccc(S)c1S. The van der Waals surface area contributed by atoms with Gasteiger partial charge in [-0.1, -0.05) is 18.2 Å². The quantitative estimate of drug-likeness (QED) is 0.586. The lowest BCUT2D eigenvalue weighted by molar-refractivity contribution is 0.467. The summed E-state index contributed by atoms with van der Waals surface area (Å²) in [5, 5.41) is 19.5. The van der Waals surface area contributed by atoms with Gasteiger partial charge in [0.25, 0.3) is 0 Å². The van der Waals surface area contributed by atoms with E-state index in [-0.39, 0.29) is 11.5 Å². The second kappa shape index (κ2) is 4.31. The van der Waals surface area contributed by atoms with Crippen LogP contribution in [0.3, 0.4) is 0 Å². The van der Waals surface area contributed by atoms with Crippen LogP contribution in [-0.4, -0.2) is 10.2 Å². The second-order valence-corrected chi connectivity index (χ2v) is 4.27. The van der Waals surface area contributed by atoms with E-state index in [1.54, 1.807) is 30.3 Å². The maximum Gasteiger partial charge on any atom is 0.124 e. The van der Waals surface area contributed by atoms with Gasteiger partial charge < -0.3 is 10.2 Å². The van der Waals surface area contributed by atoms with Crippen LogP contribution in [0, 0.1) is 0 Å². The maximum atomic E-state index is 9.80. The molecule has 0 saturated carbocycles. The normalized spacial score (nSPS) is 10.4. The van der Waals surface area contributed by atoms with Crippen molar-refractivity contribution in [1.82, 2.24) is 0 Å². The zero-order chi connectivity index (χ0) is 11.7. The molecule has 2 nitrogen and oxygen atoms in total. The standard InChI is InChI=1S/C12H10O2S2/c13-8-4-2-1-3-7(8)11-9(14)5-6-10(15)12(11)16/h1-6,13-16H. The fourth-order valence-electron chi connectivity index (χ4n) is 1.52. The Hall–Kier alpha value is -1.26. The van der Waals surface area contributed by atoms with E-state index in [9.17, 15) is 10.2 Å². The van der Waals surface area contributed by atoms with Gasteiger partial charge in [0, 0.05) is 20.9 Å². The first kappa shape index (κ1) is 11.2. The third-order valence-electron chi connectivity index (χ3n) is 2.31. The molecular weight excluding hydrogens is 240 g/mol. The summed E-state index contributed by atoms with van der Waals surface area (Å²) in [5.74, 6) is 0.177. The molecule has 2 N–H and O–H groups in total. The highest BCUT2D eigenvalue weighted by atomic mass is 32.1. The van der Waals surface area contributed by atoms with Crippen LogP contribution >= 0.6 is 25.3 Å². The van der Waals surface area contributed by atoms with E-state index < -0.39 is 0 Å². The summed E-state index contributed by atoms with van der Waals surface area (Å²) in [7, 11) is 0. The lowest BCUT2D eigenvalue weighted by atomic mass is 10.0. The number of hydrogen-bond acceptors (Lipinski definition) is 4. The van der Waals surface area contributed by atoms with Crippen LogP contribution < -0.4 is 0 Å². The van der Waals surface area contributed by atoms with Gasteiger partial charge in [0.05, 0.1) is 0 Å². The first-order chi connectivity index (χ1) is 7.61. The third-order valence-corrected chi connectivity index (χ3v) is 3.32. The van der Waals surface area contributed by atoms with Crippen molar-refractivity contribution in [2.75, 3.05) is 0 Å². The van der Waals surface area contributed by atoms with Crippen LogP contribution in [0.2, 0.25) is 0 Å². The molecule has 2 rings (SSSR count). The molecule has 0 aliphatic carbocycles. The predicted molar refractivity (Wildman–Crippen MR) is 69.7 cm³/mol. The Morgan fingerprint density at radius 1 is 0.812 bits per heavy atom. The molecule has 0 aliphatic heterocycles. The molecule has 0 unspecified atom stereocenters. The number of thiol groups is 2. The van der Waals surface area contributed by atoms with Crippen LogP contribution in [0.15, 0.2) is 46.2 Å². The molecular formula is C12H10O2S2. The van der Waals surface area contributed by atoms with Crippen molar-refractivity contribution >= 4 is 25.3 Å². The summed E-state index contributed by atoms with van der Waals surface area (Å²) < 4.78 is 0. The Balaban J connectivity index is 2.74. The van der Waals surface area contributed by atoms with Crippen molar-refractivity contribution in [3.05, 3.63) is 36.4 Å². The summed E-state index contributed by atoms with van der Waals surface area (Å²) in [6, 6.07) is 9.98. The lowest BCUT2D eigenvalue weighted by Gasteiger charge is -2.11. The van der Waals surface area contributed by atoms with Crippen LogP contribution in [0.25, 0.3) is 11.1 Å². The van der Waals surface area contributed by atoms with Crippen LogP contribution in [0.1, 0.15) is 0 Å². The van der Waals surface area contributed by atoms with Crippen molar-refractivity contribution in [1.29, 1.82) is 0 Å². The molecule has 0 radical (unpaired) electrons. The highest BCUT2D eigenvalue weighted by Crippen LogP contribution is 2.41. The molecule has 0 atom stereocenters. The number of rotatable bonds is 1. The van der Waals surface area contributed by atoms with E-state index in [1.807, 2.05) is 0 Å². The fourth-order valence-corrected chi connectivity index (χ4v) is 2.02. The van der Waals surface area contributed by atoms with E-state index in [0.29, 0.717) is 20.9 Å². The highest BCUT2D eigenvalue weighted by Gasteiger charge is 2.13. The monoisotopic (exact) mass is 250 g/mol. The lowest BCUT2D eigenvalue weighted by Crippen LogP contribution is -1.84. The van der Waals surface area contributed by atoms with E-state index in [1.165, 1.54) is 6.07 Å². The topological polar surface area (TPSA) is 40.5 Å². The predicted octanol–water partition coefficient (Wildman–Crippen LogP) is 3.34. The zero-order valence-corrected chi connectivity index (χ0v) is 10.0. The summed E-state index contributed by atoms with van der Waals surface area (Å²) in [6.45, 7) is 0. The van der Waals surface area contributed by atoms with Crippen LogP contribution in [-0.2, 0) is 0 Å². The molecule has 4 heteroatoms. The molecule has 0 aromatic heterocycles. The third kappa shape index (κ3) is 1.86. The highest BCUT2D eigenvalue weighted by molar-refractivity contribution is 7.83. The first-order valence-corrected chi connectivity index (χ1v) is 5.53. The van der Waals surface area contributed by atoms with Crippen molar-refractivity contribution in [2.24, 2.45) is 0 Å². The number of para-hydroxylation sites is 1. The number of phenolic OH excluding ortho intramolecular Hbond substituents is 2. The molecule has 2 aromatic carbocycles. The molecule has 0 fully saturated rings. The van der Waals surface area contributed by atoms with E-state index >= 15 is 0 Å². The minimum Gasteiger partial charge on any atom is -0.507 e. The zero-order valence-electron chi connectivity index (χ0n) is 8.25. The van der Waals surface area contributed by atoms with Crippen molar-refractivity contribution < 1.29 is 10.2 Å². The fraction of sp³-hybridized carbons (Fsp3) is 0. The number of benzene rings is 2. The van der Waals surface area contributed by atoms with Crippen molar-refractivity contribution in [2.45, 2.75) is 9.79 Å². The average molecular weight is 250 g/mol. The van der Waals surface area contributed by atoms with Gasteiger partial charge in [-0.05, 0) is 18.2 Å². The molecule has 0 aliphatic rings. The molecule has 82 valence electrons. The maximum absolute atomic E-state index is 9.80. The summed E-state index contributed by atoms with van der Waals surface area (Å²) in [4.78, 5) is 1.20. The smallest absolute Gasteiger partial charge is 0.124 e. The summed E-state index contributed by atoms with van der Waals surface area (Å²) in [6.07, 6.45) is 0. The second-order valence-electron chi connectivity index (χ2n) is 3.34. The number of hydrogen-bond donors (Lipinski definition) is 4. The number of phenols is 2. The van der Waals surface area contributed by atoms with Gasteiger partial charge in [-0.2, -0.15) is 0 Å². The van der Waals surface area contributed by atoms with Gasteiger partial charge in [-0.15, -0.1) is 25.3 Å².